The summed E-state index contributed by atoms with van der Waals surface area (Å²) in [4.78, 5) is 21.7. The highest BCUT2D eigenvalue weighted by Crippen LogP contribution is 2.29. The standard InChI is InChI=1S/C13H18ClN3O/c1-3-4-10-5-6-17(7-10)13-11(8-18)12(14)15-9(2)16-13/h8,10H,3-7H2,1-2H3. The van der Waals surface area contributed by atoms with Crippen LogP contribution in [0.3, 0.4) is 0 Å². The van der Waals surface area contributed by atoms with Crippen LogP contribution in [0.5, 0.6) is 0 Å². The first-order valence-corrected chi connectivity index (χ1v) is 6.77. The van der Waals surface area contributed by atoms with Crippen molar-refractivity contribution in [3.05, 3.63) is 16.5 Å². The zero-order valence-corrected chi connectivity index (χ0v) is 11.6. The number of carbonyl (C=O) groups excluding carboxylic acids is 1. The first-order chi connectivity index (χ1) is 8.65. The molecule has 0 radical (unpaired) electrons. The van der Waals surface area contributed by atoms with Gasteiger partial charge in [-0.1, -0.05) is 24.9 Å². The molecule has 0 saturated carbocycles. The molecule has 1 saturated heterocycles. The van der Waals surface area contributed by atoms with Crippen molar-refractivity contribution in [3.63, 3.8) is 0 Å². The Kier molecular flexibility index (Phi) is 4.17. The van der Waals surface area contributed by atoms with Gasteiger partial charge in [-0.05, 0) is 25.7 Å². The van der Waals surface area contributed by atoms with Crippen molar-refractivity contribution in [2.24, 2.45) is 5.92 Å². The fourth-order valence-electron chi connectivity index (χ4n) is 2.54. The Morgan fingerprint density at radius 1 is 1.50 bits per heavy atom. The summed E-state index contributed by atoms with van der Waals surface area (Å²) < 4.78 is 0. The van der Waals surface area contributed by atoms with E-state index in [9.17, 15) is 4.79 Å². The highest BCUT2D eigenvalue weighted by molar-refractivity contribution is 6.32. The van der Waals surface area contributed by atoms with E-state index in [4.69, 9.17) is 11.6 Å². The molecule has 0 spiro atoms. The van der Waals surface area contributed by atoms with E-state index < -0.39 is 0 Å². The van der Waals surface area contributed by atoms with Gasteiger partial charge in [-0.15, -0.1) is 0 Å². The topological polar surface area (TPSA) is 46.1 Å². The molecule has 5 heteroatoms. The molecule has 1 fully saturated rings. The van der Waals surface area contributed by atoms with Gasteiger partial charge in [0, 0.05) is 13.1 Å². The Morgan fingerprint density at radius 2 is 2.28 bits per heavy atom. The molecule has 18 heavy (non-hydrogen) atoms. The van der Waals surface area contributed by atoms with E-state index in [1.54, 1.807) is 6.92 Å². The van der Waals surface area contributed by atoms with Crippen LogP contribution in [-0.4, -0.2) is 29.3 Å². The molecule has 2 heterocycles. The van der Waals surface area contributed by atoms with E-state index in [1.165, 1.54) is 12.8 Å². The van der Waals surface area contributed by atoms with Crippen molar-refractivity contribution in [3.8, 4) is 0 Å². The number of aromatic nitrogens is 2. The van der Waals surface area contributed by atoms with Crippen LogP contribution in [0.1, 0.15) is 42.4 Å². The third-order valence-corrected chi connectivity index (χ3v) is 3.68. The zero-order chi connectivity index (χ0) is 13.1. The van der Waals surface area contributed by atoms with Crippen LogP contribution in [0.2, 0.25) is 5.15 Å². The Bertz CT molecular complexity index is 450. The molecule has 0 aromatic carbocycles. The lowest BCUT2D eigenvalue weighted by Crippen LogP contribution is -2.23. The second-order valence-electron chi connectivity index (χ2n) is 4.81. The Hall–Kier alpha value is -1.16. The van der Waals surface area contributed by atoms with Crippen LogP contribution in [0, 0.1) is 12.8 Å². The minimum absolute atomic E-state index is 0.256. The number of halogens is 1. The zero-order valence-electron chi connectivity index (χ0n) is 10.8. The molecule has 1 aromatic heterocycles. The highest BCUT2D eigenvalue weighted by Gasteiger charge is 2.26. The lowest BCUT2D eigenvalue weighted by atomic mass is 10.0. The largest absolute Gasteiger partial charge is 0.356 e. The van der Waals surface area contributed by atoms with Crippen molar-refractivity contribution < 1.29 is 4.79 Å². The first-order valence-electron chi connectivity index (χ1n) is 6.40. The molecule has 98 valence electrons. The van der Waals surface area contributed by atoms with Gasteiger partial charge < -0.3 is 4.90 Å². The molecular weight excluding hydrogens is 250 g/mol. The maximum atomic E-state index is 11.1. The van der Waals surface area contributed by atoms with E-state index in [0.717, 1.165) is 25.8 Å². The minimum atomic E-state index is 0.256. The number of hydrogen-bond donors (Lipinski definition) is 0. The second kappa shape index (κ2) is 5.65. The number of carbonyl (C=O) groups is 1. The number of nitrogens with zero attached hydrogens (tertiary/aromatic N) is 3. The summed E-state index contributed by atoms with van der Waals surface area (Å²) in [5.74, 6) is 2.00. The van der Waals surface area contributed by atoms with Crippen LogP contribution < -0.4 is 4.90 Å². The quantitative estimate of drug-likeness (QED) is 0.622. The Balaban J connectivity index is 2.26. The molecule has 2 rings (SSSR count). The van der Waals surface area contributed by atoms with E-state index in [-0.39, 0.29) is 5.15 Å². The van der Waals surface area contributed by atoms with Gasteiger partial charge in [0.05, 0.1) is 5.56 Å². The third kappa shape index (κ3) is 2.64. The van der Waals surface area contributed by atoms with E-state index >= 15 is 0 Å². The number of aryl methyl sites for hydroxylation is 1. The lowest BCUT2D eigenvalue weighted by Gasteiger charge is -2.19. The molecule has 0 aliphatic carbocycles. The monoisotopic (exact) mass is 267 g/mol. The van der Waals surface area contributed by atoms with Gasteiger partial charge in [-0.3, -0.25) is 4.79 Å². The van der Waals surface area contributed by atoms with Gasteiger partial charge in [0.25, 0.3) is 0 Å². The maximum absolute atomic E-state index is 11.1. The maximum Gasteiger partial charge on any atom is 0.156 e. The van der Waals surface area contributed by atoms with E-state index in [2.05, 4.69) is 21.8 Å². The van der Waals surface area contributed by atoms with Gasteiger partial charge in [-0.2, -0.15) is 0 Å². The Morgan fingerprint density at radius 3 is 2.94 bits per heavy atom. The highest BCUT2D eigenvalue weighted by atomic mass is 35.5. The summed E-state index contributed by atoms with van der Waals surface area (Å²) in [5, 5.41) is 0.256. The van der Waals surface area contributed by atoms with E-state index in [0.29, 0.717) is 23.1 Å². The number of anilines is 1. The lowest BCUT2D eigenvalue weighted by molar-refractivity contribution is 0.112. The van der Waals surface area contributed by atoms with Crippen LogP contribution in [0.4, 0.5) is 5.82 Å². The molecule has 1 aromatic rings. The normalized spacial score (nSPS) is 19.3. The average Bonchev–Trinajstić information content (AvgIpc) is 2.77. The molecule has 0 bridgehead atoms. The summed E-state index contributed by atoms with van der Waals surface area (Å²) in [7, 11) is 0. The van der Waals surface area contributed by atoms with Crippen LogP contribution in [-0.2, 0) is 0 Å². The van der Waals surface area contributed by atoms with Crippen molar-refractivity contribution in [2.45, 2.75) is 33.1 Å². The van der Waals surface area contributed by atoms with Crippen molar-refractivity contribution >= 4 is 23.7 Å². The van der Waals surface area contributed by atoms with Crippen LogP contribution in [0.25, 0.3) is 0 Å². The molecule has 1 aliphatic rings. The van der Waals surface area contributed by atoms with E-state index in [1.807, 2.05) is 0 Å². The molecular formula is C13H18ClN3O. The fraction of sp³-hybridized carbons (Fsp3) is 0.615. The minimum Gasteiger partial charge on any atom is -0.356 e. The van der Waals surface area contributed by atoms with Crippen LogP contribution >= 0.6 is 11.6 Å². The SMILES string of the molecule is CCCC1CCN(c2nc(C)nc(Cl)c2C=O)C1. The molecule has 0 amide bonds. The second-order valence-corrected chi connectivity index (χ2v) is 5.16. The van der Waals surface area contributed by atoms with Gasteiger partial charge in [0.1, 0.15) is 16.8 Å². The third-order valence-electron chi connectivity index (χ3n) is 3.39. The average molecular weight is 268 g/mol. The molecule has 1 aliphatic heterocycles. The van der Waals surface area contributed by atoms with Gasteiger partial charge in [0.2, 0.25) is 0 Å². The van der Waals surface area contributed by atoms with Gasteiger partial charge >= 0.3 is 0 Å². The summed E-state index contributed by atoms with van der Waals surface area (Å²) in [6, 6.07) is 0. The fourth-order valence-corrected chi connectivity index (χ4v) is 2.80. The predicted octanol–water partition coefficient (Wildman–Crippen LogP) is 2.88. The number of rotatable bonds is 4. The van der Waals surface area contributed by atoms with Crippen LogP contribution in [0.15, 0.2) is 0 Å². The predicted molar refractivity (Wildman–Crippen MR) is 72.4 cm³/mol. The summed E-state index contributed by atoms with van der Waals surface area (Å²) in [5.41, 5.74) is 0.416. The summed E-state index contributed by atoms with van der Waals surface area (Å²) >= 11 is 6.00. The van der Waals surface area contributed by atoms with Gasteiger partial charge in [-0.25, -0.2) is 9.97 Å². The number of aldehydes is 1. The Labute approximate surface area is 112 Å². The molecule has 1 unspecified atom stereocenters. The first kappa shape index (κ1) is 13.3. The van der Waals surface area contributed by atoms with Crippen molar-refractivity contribution in [2.75, 3.05) is 18.0 Å². The molecule has 4 nitrogen and oxygen atoms in total. The van der Waals surface area contributed by atoms with Gasteiger partial charge in [0.15, 0.2) is 6.29 Å². The summed E-state index contributed by atoms with van der Waals surface area (Å²) in [6.45, 7) is 5.90. The van der Waals surface area contributed by atoms with Crippen molar-refractivity contribution in [1.82, 2.24) is 9.97 Å². The molecule has 0 N–H and O–H groups in total. The van der Waals surface area contributed by atoms with Crippen molar-refractivity contribution in [1.29, 1.82) is 0 Å². The molecule has 1 atom stereocenters. The smallest absolute Gasteiger partial charge is 0.156 e. The number of hydrogen-bond acceptors (Lipinski definition) is 4. The summed E-state index contributed by atoms with van der Waals surface area (Å²) in [6.07, 6.45) is 4.34.